The average Bonchev–Trinajstić information content (AvgIpc) is 3.12. The lowest BCUT2D eigenvalue weighted by Crippen LogP contribution is -2.53. The minimum atomic E-state index is -0.703. The number of aliphatic hydroxyl groups is 1. The van der Waals surface area contributed by atoms with Gasteiger partial charge < -0.3 is 20.1 Å². The Hall–Kier alpha value is -1.71. The highest BCUT2D eigenvalue weighted by Gasteiger charge is 2.35. The van der Waals surface area contributed by atoms with Gasteiger partial charge in [0.15, 0.2) is 10.7 Å². The van der Waals surface area contributed by atoms with Crippen molar-refractivity contribution in [2.75, 3.05) is 26.2 Å². The van der Waals surface area contributed by atoms with Crippen molar-refractivity contribution >= 4 is 23.3 Å². The largest absolute Gasteiger partial charge is 0.391 e. The molecule has 1 aromatic rings. The van der Waals surface area contributed by atoms with Crippen LogP contribution in [0.2, 0.25) is 5.02 Å². The molecule has 2 fully saturated rings. The van der Waals surface area contributed by atoms with E-state index in [1.54, 1.807) is 4.90 Å². The topological polar surface area (TPSA) is 116 Å². The maximum atomic E-state index is 12.4. The van der Waals surface area contributed by atoms with Crippen LogP contribution < -0.4 is 0 Å². The number of aromatic amines is 1. The molecular weight excluding hydrogens is 326 g/mol. The quantitative estimate of drug-likeness (QED) is 0.614. The van der Waals surface area contributed by atoms with Crippen LogP contribution in [-0.2, 0) is 0 Å². The maximum Gasteiger partial charge on any atom is 0.362 e. The Kier molecular flexibility index (Phi) is 4.51. The van der Waals surface area contributed by atoms with Crippen LogP contribution >= 0.6 is 11.6 Å². The molecule has 0 bridgehead atoms. The van der Waals surface area contributed by atoms with Gasteiger partial charge in [-0.1, -0.05) is 16.7 Å². The summed E-state index contributed by atoms with van der Waals surface area (Å²) in [6.45, 7) is 2.30. The summed E-state index contributed by atoms with van der Waals surface area (Å²) in [6, 6.07) is 0.169. The van der Waals surface area contributed by atoms with Gasteiger partial charge in [-0.05, 0) is 24.2 Å². The van der Waals surface area contributed by atoms with E-state index in [9.17, 15) is 20.0 Å². The minimum absolute atomic E-state index is 0.118. The number of hydrogen-bond donors (Lipinski definition) is 2. The van der Waals surface area contributed by atoms with E-state index in [1.165, 1.54) is 0 Å². The van der Waals surface area contributed by atoms with Gasteiger partial charge in [-0.2, -0.15) is 0 Å². The molecule has 2 N–H and O–H groups in total. The van der Waals surface area contributed by atoms with Gasteiger partial charge in [0.05, 0.1) is 6.10 Å². The average molecular weight is 344 g/mol. The first-order chi connectivity index (χ1) is 11.0. The van der Waals surface area contributed by atoms with E-state index < -0.39 is 16.6 Å². The molecule has 1 saturated heterocycles. The van der Waals surface area contributed by atoms with E-state index in [2.05, 4.69) is 15.1 Å². The molecule has 1 aromatic heterocycles. The molecule has 0 aromatic carbocycles. The molecule has 0 radical (unpaired) electrons. The summed E-state index contributed by atoms with van der Waals surface area (Å²) in [5.41, 5.74) is -0.118. The van der Waals surface area contributed by atoms with Crippen molar-refractivity contribution in [1.82, 2.24) is 20.0 Å². The van der Waals surface area contributed by atoms with Crippen LogP contribution in [-0.4, -0.2) is 74.3 Å². The van der Waals surface area contributed by atoms with Crippen molar-refractivity contribution in [2.24, 2.45) is 0 Å². The molecule has 2 aliphatic rings. The molecule has 23 heavy (non-hydrogen) atoms. The molecule has 2 unspecified atom stereocenters. The number of nitrogens with zero attached hydrogens (tertiary/aromatic N) is 4. The summed E-state index contributed by atoms with van der Waals surface area (Å²) in [6.07, 6.45) is 2.54. The Bertz CT molecular complexity index is 614. The van der Waals surface area contributed by atoms with Crippen LogP contribution in [0.4, 0.5) is 5.82 Å². The third kappa shape index (κ3) is 3.04. The number of aliphatic hydroxyl groups excluding tert-OH is 1. The molecule has 0 spiro atoms. The summed E-state index contributed by atoms with van der Waals surface area (Å²) >= 11 is 5.86. The highest BCUT2D eigenvalue weighted by atomic mass is 35.5. The summed E-state index contributed by atoms with van der Waals surface area (Å²) in [5, 5.41) is 26.3. The number of nitro groups is 1. The third-order valence-corrected chi connectivity index (χ3v) is 4.95. The van der Waals surface area contributed by atoms with Gasteiger partial charge in [0, 0.05) is 32.2 Å². The van der Waals surface area contributed by atoms with Crippen LogP contribution in [0.15, 0.2) is 0 Å². The first-order valence-corrected chi connectivity index (χ1v) is 7.96. The van der Waals surface area contributed by atoms with E-state index in [0.29, 0.717) is 26.2 Å². The molecule has 1 saturated carbocycles. The zero-order valence-electron chi connectivity index (χ0n) is 12.4. The van der Waals surface area contributed by atoms with E-state index in [-0.39, 0.29) is 22.9 Å². The lowest BCUT2D eigenvalue weighted by molar-refractivity contribution is -0.389. The first-order valence-electron chi connectivity index (χ1n) is 7.58. The monoisotopic (exact) mass is 343 g/mol. The van der Waals surface area contributed by atoms with Gasteiger partial charge in [0.25, 0.3) is 5.91 Å². The Morgan fingerprint density at radius 1 is 1.35 bits per heavy atom. The predicted molar refractivity (Wildman–Crippen MR) is 81.4 cm³/mol. The van der Waals surface area contributed by atoms with Gasteiger partial charge in [0.2, 0.25) is 0 Å². The molecular formula is C13H18ClN5O4. The third-order valence-electron chi connectivity index (χ3n) is 4.59. The maximum absolute atomic E-state index is 12.4. The number of halogens is 1. The molecule has 2 atom stereocenters. The molecule has 3 rings (SSSR count). The van der Waals surface area contributed by atoms with Gasteiger partial charge >= 0.3 is 5.82 Å². The first kappa shape index (κ1) is 16.2. The van der Waals surface area contributed by atoms with Crippen molar-refractivity contribution < 1.29 is 14.8 Å². The van der Waals surface area contributed by atoms with Crippen molar-refractivity contribution in [3.8, 4) is 0 Å². The molecule has 9 nitrogen and oxygen atoms in total. The second-order valence-electron chi connectivity index (χ2n) is 5.89. The summed E-state index contributed by atoms with van der Waals surface area (Å²) in [7, 11) is 0. The van der Waals surface area contributed by atoms with Gasteiger partial charge in [-0.3, -0.25) is 9.69 Å². The Morgan fingerprint density at radius 3 is 2.57 bits per heavy atom. The summed E-state index contributed by atoms with van der Waals surface area (Å²) in [4.78, 5) is 26.3. The smallest absolute Gasteiger partial charge is 0.362 e. The fraction of sp³-hybridized carbons (Fsp3) is 0.692. The highest BCUT2D eigenvalue weighted by Crippen LogP contribution is 2.27. The molecule has 1 amide bonds. The molecule has 10 heteroatoms. The van der Waals surface area contributed by atoms with Crippen LogP contribution in [0.1, 0.15) is 29.8 Å². The standard InChI is InChI=1S/C13H18ClN5O4/c14-10-11(15-16-12(10)19(22)23)13(21)18-6-4-17(5-7-18)8-2-1-3-9(8)20/h8-9,20H,1-7H2,(H,15,16). The lowest BCUT2D eigenvalue weighted by atomic mass is 10.1. The zero-order chi connectivity index (χ0) is 16.6. The van der Waals surface area contributed by atoms with Crippen molar-refractivity contribution in [2.45, 2.75) is 31.4 Å². The normalized spacial score (nSPS) is 25.7. The lowest BCUT2D eigenvalue weighted by Gasteiger charge is -2.38. The predicted octanol–water partition coefficient (Wildman–Crippen LogP) is 0.642. The van der Waals surface area contributed by atoms with Crippen molar-refractivity contribution in [1.29, 1.82) is 0 Å². The number of piperazine rings is 1. The molecule has 126 valence electrons. The van der Waals surface area contributed by atoms with Gasteiger partial charge in [0.1, 0.15) is 0 Å². The summed E-state index contributed by atoms with van der Waals surface area (Å²) < 4.78 is 0. The molecule has 2 heterocycles. The van der Waals surface area contributed by atoms with E-state index in [4.69, 9.17) is 11.6 Å². The van der Waals surface area contributed by atoms with E-state index in [1.807, 2.05) is 0 Å². The number of carbonyl (C=O) groups is 1. The van der Waals surface area contributed by atoms with Crippen LogP contribution in [0.3, 0.4) is 0 Å². The van der Waals surface area contributed by atoms with E-state index in [0.717, 1.165) is 19.3 Å². The molecule has 1 aliphatic heterocycles. The minimum Gasteiger partial charge on any atom is -0.391 e. The summed E-state index contributed by atoms with van der Waals surface area (Å²) in [5.74, 6) is -0.881. The fourth-order valence-corrected chi connectivity index (χ4v) is 3.57. The molecule has 1 aliphatic carbocycles. The number of aromatic nitrogens is 2. The van der Waals surface area contributed by atoms with Gasteiger partial charge in [-0.15, -0.1) is 5.10 Å². The van der Waals surface area contributed by atoms with Crippen LogP contribution in [0.5, 0.6) is 0 Å². The highest BCUT2D eigenvalue weighted by molar-refractivity contribution is 6.35. The Morgan fingerprint density at radius 2 is 2.04 bits per heavy atom. The zero-order valence-corrected chi connectivity index (χ0v) is 13.2. The number of H-pyrrole nitrogens is 1. The van der Waals surface area contributed by atoms with Crippen LogP contribution in [0, 0.1) is 10.1 Å². The number of carbonyl (C=O) groups excluding carboxylic acids is 1. The number of hydrogen-bond acceptors (Lipinski definition) is 6. The Labute approximate surface area is 137 Å². The number of rotatable bonds is 3. The number of amides is 1. The SMILES string of the molecule is O=C(c1n[nH]c([N+](=O)[O-])c1Cl)N1CCN(C2CCCC2O)CC1. The fourth-order valence-electron chi connectivity index (χ4n) is 3.34. The number of nitrogens with one attached hydrogen (secondary N) is 1. The van der Waals surface area contributed by atoms with Crippen molar-refractivity contribution in [3.05, 3.63) is 20.8 Å². The van der Waals surface area contributed by atoms with Gasteiger partial charge in [-0.25, -0.2) is 0 Å². The van der Waals surface area contributed by atoms with Crippen LogP contribution in [0.25, 0.3) is 0 Å². The second kappa shape index (κ2) is 6.42. The van der Waals surface area contributed by atoms with Crippen molar-refractivity contribution in [3.63, 3.8) is 0 Å². The van der Waals surface area contributed by atoms with E-state index >= 15 is 0 Å². The second-order valence-corrected chi connectivity index (χ2v) is 6.26. The Balaban J connectivity index is 1.63.